The van der Waals surface area contributed by atoms with Crippen molar-refractivity contribution < 1.29 is 17.7 Å². The maximum absolute atomic E-state index is 15.4. The van der Waals surface area contributed by atoms with E-state index in [2.05, 4.69) is 33.0 Å². The molecule has 0 aromatic heterocycles. The average Bonchev–Trinajstić information content (AvgIpc) is 2.71. The SMILES string of the molecule is CC1(C)CC(c2ccc(-c3ccc(C4CC(C)(C)N(F)C(C)(C)C4)c(F)c3)c(F)c2F)CC(C)(C)N1. The van der Waals surface area contributed by atoms with E-state index in [1.165, 1.54) is 6.07 Å². The number of nitrogens with one attached hydrogen (secondary N) is 1. The van der Waals surface area contributed by atoms with Gasteiger partial charge in [0.1, 0.15) is 5.82 Å². The Labute approximate surface area is 213 Å². The van der Waals surface area contributed by atoms with E-state index < -0.39 is 28.5 Å². The third-order valence-electron chi connectivity index (χ3n) is 8.05. The van der Waals surface area contributed by atoms with Crippen molar-refractivity contribution in [2.24, 2.45) is 0 Å². The second-order valence-electron chi connectivity index (χ2n) is 13.6. The predicted octanol–water partition coefficient (Wildman–Crippen LogP) is 8.42. The van der Waals surface area contributed by atoms with Gasteiger partial charge >= 0.3 is 0 Å². The van der Waals surface area contributed by atoms with Crippen LogP contribution >= 0.6 is 0 Å². The average molecular weight is 505 g/mol. The molecule has 6 heteroatoms. The molecule has 2 heterocycles. The van der Waals surface area contributed by atoms with Gasteiger partial charge in [-0.15, -0.1) is 9.60 Å². The molecule has 2 nitrogen and oxygen atoms in total. The third-order valence-corrected chi connectivity index (χ3v) is 8.05. The molecule has 2 fully saturated rings. The van der Waals surface area contributed by atoms with Gasteiger partial charge in [0.2, 0.25) is 0 Å². The summed E-state index contributed by atoms with van der Waals surface area (Å²) < 4.78 is 60.9. The number of halogens is 4. The Kier molecular flexibility index (Phi) is 6.66. The van der Waals surface area contributed by atoms with E-state index in [-0.39, 0.29) is 28.5 Å². The van der Waals surface area contributed by atoms with Crippen LogP contribution in [0, 0.1) is 17.5 Å². The highest BCUT2D eigenvalue weighted by atomic mass is 19.2. The Morgan fingerprint density at radius 1 is 0.694 bits per heavy atom. The van der Waals surface area contributed by atoms with Gasteiger partial charge in [0.05, 0.1) is 0 Å². The molecule has 1 N–H and O–H groups in total. The van der Waals surface area contributed by atoms with Crippen molar-refractivity contribution in [1.82, 2.24) is 10.4 Å². The highest BCUT2D eigenvalue weighted by molar-refractivity contribution is 5.65. The van der Waals surface area contributed by atoms with Crippen LogP contribution in [-0.4, -0.2) is 27.3 Å². The number of nitrogens with zero attached hydrogens (tertiary/aromatic N) is 1. The van der Waals surface area contributed by atoms with Crippen LogP contribution in [0.1, 0.15) is 104 Å². The van der Waals surface area contributed by atoms with E-state index in [1.807, 2.05) is 27.7 Å². The summed E-state index contributed by atoms with van der Waals surface area (Å²) in [6.45, 7) is 15.6. The van der Waals surface area contributed by atoms with Crippen molar-refractivity contribution in [3.05, 3.63) is 58.9 Å². The van der Waals surface area contributed by atoms with E-state index in [1.54, 1.807) is 24.3 Å². The smallest absolute Gasteiger partial charge is 0.166 e. The Bertz CT molecular complexity index is 1120. The monoisotopic (exact) mass is 504 g/mol. The van der Waals surface area contributed by atoms with Crippen molar-refractivity contribution >= 4 is 0 Å². The zero-order valence-electron chi connectivity index (χ0n) is 22.8. The van der Waals surface area contributed by atoms with E-state index in [0.717, 1.165) is 5.12 Å². The topological polar surface area (TPSA) is 15.3 Å². The van der Waals surface area contributed by atoms with Gasteiger partial charge in [-0.1, -0.05) is 24.3 Å². The Morgan fingerprint density at radius 3 is 1.72 bits per heavy atom. The number of piperidine rings is 2. The lowest BCUT2D eigenvalue weighted by atomic mass is 9.72. The molecule has 0 aliphatic carbocycles. The first kappa shape index (κ1) is 27.1. The van der Waals surface area contributed by atoms with Crippen molar-refractivity contribution in [3.63, 3.8) is 0 Å². The minimum absolute atomic E-state index is 0.0494. The molecular weight excluding hydrogens is 464 g/mol. The molecule has 2 aromatic rings. The Balaban J connectivity index is 1.64. The van der Waals surface area contributed by atoms with Crippen molar-refractivity contribution in [1.29, 1.82) is 0 Å². The Morgan fingerprint density at radius 2 is 1.19 bits per heavy atom. The molecule has 2 aromatic carbocycles. The third kappa shape index (κ3) is 5.08. The predicted molar refractivity (Wildman–Crippen MR) is 138 cm³/mol. The first-order valence-electron chi connectivity index (χ1n) is 13.0. The molecule has 36 heavy (non-hydrogen) atoms. The van der Waals surface area contributed by atoms with Crippen LogP contribution in [0.3, 0.4) is 0 Å². The van der Waals surface area contributed by atoms with Crippen molar-refractivity contribution in [2.45, 2.75) is 115 Å². The van der Waals surface area contributed by atoms with E-state index in [0.29, 0.717) is 42.4 Å². The summed E-state index contributed by atoms with van der Waals surface area (Å²) in [6, 6.07) is 7.81. The summed E-state index contributed by atoms with van der Waals surface area (Å²) in [5.74, 6) is -2.56. The van der Waals surface area contributed by atoms with Crippen molar-refractivity contribution in [3.8, 4) is 11.1 Å². The fourth-order valence-electron chi connectivity index (χ4n) is 7.15. The van der Waals surface area contributed by atoms with Gasteiger partial charge in [-0.3, -0.25) is 0 Å². The summed E-state index contributed by atoms with van der Waals surface area (Å²) in [7, 11) is 0. The summed E-state index contributed by atoms with van der Waals surface area (Å²) in [5.41, 5.74) is -0.660. The molecule has 0 unspecified atom stereocenters. The first-order valence-corrected chi connectivity index (χ1v) is 13.0. The van der Waals surface area contributed by atoms with Crippen LogP contribution in [0.15, 0.2) is 30.3 Å². The Hall–Kier alpha value is -1.92. The van der Waals surface area contributed by atoms with E-state index in [9.17, 15) is 4.48 Å². The molecule has 0 saturated carbocycles. The maximum atomic E-state index is 15.4. The fourth-order valence-corrected chi connectivity index (χ4v) is 7.15. The number of hydrogen-bond donors (Lipinski definition) is 1. The van der Waals surface area contributed by atoms with Crippen LogP contribution in [0.4, 0.5) is 17.7 Å². The molecule has 198 valence electrons. The number of benzene rings is 2. The minimum atomic E-state index is -0.943. The maximum Gasteiger partial charge on any atom is 0.166 e. The highest BCUT2D eigenvalue weighted by Gasteiger charge is 2.47. The minimum Gasteiger partial charge on any atom is -0.307 e. The highest BCUT2D eigenvalue weighted by Crippen LogP contribution is 2.47. The second-order valence-corrected chi connectivity index (χ2v) is 13.6. The van der Waals surface area contributed by atoms with Gasteiger partial charge in [0, 0.05) is 27.7 Å². The molecule has 0 amide bonds. The molecule has 0 radical (unpaired) electrons. The first-order chi connectivity index (χ1) is 16.4. The summed E-state index contributed by atoms with van der Waals surface area (Å²) in [4.78, 5) is 0. The van der Waals surface area contributed by atoms with Crippen LogP contribution < -0.4 is 5.32 Å². The fraction of sp³-hybridized carbons (Fsp3) is 0.600. The second kappa shape index (κ2) is 8.83. The number of rotatable bonds is 3. The van der Waals surface area contributed by atoms with Crippen LogP contribution in [0.2, 0.25) is 0 Å². The van der Waals surface area contributed by atoms with Gasteiger partial charge in [0.15, 0.2) is 11.6 Å². The molecule has 4 rings (SSSR count). The van der Waals surface area contributed by atoms with Gasteiger partial charge in [-0.25, -0.2) is 13.2 Å². The van der Waals surface area contributed by atoms with E-state index >= 15 is 13.2 Å². The van der Waals surface area contributed by atoms with Gasteiger partial charge in [-0.2, -0.15) is 0 Å². The summed E-state index contributed by atoms with van der Waals surface area (Å²) >= 11 is 0. The lowest BCUT2D eigenvalue weighted by Crippen LogP contribution is -2.57. The largest absolute Gasteiger partial charge is 0.307 e. The van der Waals surface area contributed by atoms with Gasteiger partial charge in [0.25, 0.3) is 0 Å². The lowest BCUT2D eigenvalue weighted by molar-refractivity contribution is -0.173. The molecule has 0 spiro atoms. The van der Waals surface area contributed by atoms with Crippen molar-refractivity contribution in [2.75, 3.05) is 0 Å². The quantitative estimate of drug-likeness (QED) is 0.333. The zero-order valence-corrected chi connectivity index (χ0v) is 22.8. The molecule has 2 aliphatic rings. The lowest BCUT2D eigenvalue weighted by Gasteiger charge is -2.50. The summed E-state index contributed by atoms with van der Waals surface area (Å²) in [5, 5.41) is 4.44. The molecule has 0 atom stereocenters. The number of hydrogen-bond acceptors (Lipinski definition) is 2. The normalized spacial score (nSPS) is 24.1. The molecule has 2 saturated heterocycles. The van der Waals surface area contributed by atoms with Crippen LogP contribution in [-0.2, 0) is 0 Å². The molecular formula is C30H40F4N2. The molecule has 0 bridgehead atoms. The zero-order chi connectivity index (χ0) is 26.8. The molecule has 2 aliphatic heterocycles. The summed E-state index contributed by atoms with van der Waals surface area (Å²) in [6.07, 6.45) is 2.31. The van der Waals surface area contributed by atoms with Gasteiger partial charge < -0.3 is 5.32 Å². The van der Waals surface area contributed by atoms with Crippen LogP contribution in [0.5, 0.6) is 0 Å². The van der Waals surface area contributed by atoms with Crippen LogP contribution in [0.25, 0.3) is 11.1 Å². The van der Waals surface area contributed by atoms with E-state index in [4.69, 9.17) is 0 Å². The van der Waals surface area contributed by atoms with Gasteiger partial charge in [-0.05, 0) is 116 Å². The standard InChI is InChI=1S/C30H40F4N2/c1-27(2)14-19(15-28(3,4)35-27)23-12-11-22(25(32)26(23)33)18-9-10-21(24(31)13-18)20-16-29(5,6)36(34)30(7,8)17-20/h9-13,19-20,35H,14-17H2,1-8H3.